The summed E-state index contributed by atoms with van der Waals surface area (Å²) in [4.78, 5) is 1.31. The average molecular weight is 237 g/mol. The highest BCUT2D eigenvalue weighted by atomic mass is 16.5. The van der Waals surface area contributed by atoms with Crippen LogP contribution in [-0.4, -0.2) is 87.9 Å². The largest absolute Gasteiger partial charge is 0.395 e. The topological polar surface area (TPSA) is 114 Å². The van der Waals surface area contributed by atoms with E-state index in [4.69, 9.17) is 9.84 Å². The molecule has 0 aromatic rings. The predicted molar refractivity (Wildman–Crippen MR) is 53.5 cm³/mol. The smallest absolute Gasteiger partial charge is 0.136 e. The predicted octanol–water partition coefficient (Wildman–Crippen LogP) is -3.29. The lowest BCUT2D eigenvalue weighted by Crippen LogP contribution is -2.67. The number of aliphatic hydroxyl groups excluding tert-OH is 5. The fraction of sp³-hybridized carbons (Fsp3) is 1.00. The Hall–Kier alpha value is -0.280. The molecule has 7 heteroatoms. The third-order valence-electron chi connectivity index (χ3n) is 2.91. The van der Waals surface area contributed by atoms with Gasteiger partial charge in [0.1, 0.15) is 24.5 Å². The third-order valence-corrected chi connectivity index (χ3v) is 2.91. The van der Waals surface area contributed by atoms with Crippen molar-refractivity contribution in [2.45, 2.75) is 30.6 Å². The van der Waals surface area contributed by atoms with Crippen molar-refractivity contribution in [2.75, 3.05) is 26.9 Å². The molecule has 1 unspecified atom stereocenters. The lowest BCUT2D eigenvalue weighted by Gasteiger charge is -2.46. The number of hydrogen-bond acceptors (Lipinski definition) is 7. The Bertz CT molecular complexity index is 216. The van der Waals surface area contributed by atoms with Crippen molar-refractivity contribution in [3.63, 3.8) is 0 Å². The van der Waals surface area contributed by atoms with Gasteiger partial charge in [-0.2, -0.15) is 0 Å². The first-order valence-electron chi connectivity index (χ1n) is 5.12. The normalized spacial score (nSPS) is 41.2. The summed E-state index contributed by atoms with van der Waals surface area (Å²) in [5.74, 6) is 0. The Morgan fingerprint density at radius 2 is 1.69 bits per heavy atom. The summed E-state index contributed by atoms with van der Waals surface area (Å²) in [5, 5.41) is 47.3. The second-order valence-corrected chi connectivity index (χ2v) is 3.87. The first-order chi connectivity index (χ1) is 7.54. The van der Waals surface area contributed by atoms with E-state index in [1.54, 1.807) is 0 Å². The van der Waals surface area contributed by atoms with Gasteiger partial charge in [-0.25, -0.2) is 0 Å². The number of ether oxygens (including phenoxy) is 1. The molecule has 0 aliphatic carbocycles. The molecule has 0 radical (unpaired) electrons. The summed E-state index contributed by atoms with van der Waals surface area (Å²) >= 11 is 0. The van der Waals surface area contributed by atoms with Crippen LogP contribution in [0.5, 0.6) is 0 Å². The molecule has 96 valence electrons. The van der Waals surface area contributed by atoms with Gasteiger partial charge in [-0.05, 0) is 0 Å². The van der Waals surface area contributed by atoms with Crippen molar-refractivity contribution >= 4 is 0 Å². The van der Waals surface area contributed by atoms with Gasteiger partial charge >= 0.3 is 0 Å². The molecule has 0 saturated carbocycles. The van der Waals surface area contributed by atoms with E-state index in [0.717, 1.165) is 0 Å². The molecule has 7 nitrogen and oxygen atoms in total. The van der Waals surface area contributed by atoms with Crippen LogP contribution in [0.4, 0.5) is 0 Å². The molecule has 0 amide bonds. The van der Waals surface area contributed by atoms with Gasteiger partial charge in [-0.3, -0.25) is 4.90 Å². The SMILES string of the molecule is COCCN1C(O)[C@H](O)[C@@H](O)[C@H](O)[C@H]1CO. The highest BCUT2D eigenvalue weighted by molar-refractivity contribution is 4.96. The van der Waals surface area contributed by atoms with Gasteiger partial charge in [0.15, 0.2) is 0 Å². The number of piperidine rings is 1. The molecule has 1 heterocycles. The van der Waals surface area contributed by atoms with E-state index in [1.165, 1.54) is 12.0 Å². The number of hydrogen-bond donors (Lipinski definition) is 5. The van der Waals surface area contributed by atoms with Gasteiger partial charge < -0.3 is 30.3 Å². The molecule has 1 aliphatic heterocycles. The molecular weight excluding hydrogens is 218 g/mol. The fourth-order valence-electron chi connectivity index (χ4n) is 1.90. The minimum Gasteiger partial charge on any atom is -0.395 e. The summed E-state index contributed by atoms with van der Waals surface area (Å²) in [6.07, 6.45) is -5.56. The van der Waals surface area contributed by atoms with E-state index in [1.807, 2.05) is 0 Å². The number of likely N-dealkylation sites (tertiary alicyclic amines) is 1. The zero-order chi connectivity index (χ0) is 12.3. The van der Waals surface area contributed by atoms with Crippen LogP contribution in [0.25, 0.3) is 0 Å². The van der Waals surface area contributed by atoms with E-state index in [2.05, 4.69) is 0 Å². The Labute approximate surface area is 93.5 Å². The molecule has 5 atom stereocenters. The van der Waals surface area contributed by atoms with Crippen LogP contribution in [0.3, 0.4) is 0 Å². The Kier molecular flexibility index (Phi) is 5.06. The molecule has 0 spiro atoms. The number of nitrogens with zero attached hydrogens (tertiary/aromatic N) is 1. The summed E-state index contributed by atoms with van der Waals surface area (Å²) in [6, 6.07) is -0.816. The highest BCUT2D eigenvalue weighted by Crippen LogP contribution is 2.22. The molecule has 1 fully saturated rings. The summed E-state index contributed by atoms with van der Waals surface area (Å²) in [6.45, 7) is 0.0958. The minimum atomic E-state index is -1.47. The third kappa shape index (κ3) is 2.51. The minimum absolute atomic E-state index is 0.240. The van der Waals surface area contributed by atoms with Gasteiger partial charge in [0.2, 0.25) is 0 Å². The summed E-state index contributed by atoms with van der Waals surface area (Å²) < 4.78 is 4.82. The van der Waals surface area contributed by atoms with E-state index in [9.17, 15) is 20.4 Å². The van der Waals surface area contributed by atoms with Crippen molar-refractivity contribution in [3.8, 4) is 0 Å². The van der Waals surface area contributed by atoms with Crippen LogP contribution in [0.15, 0.2) is 0 Å². The van der Waals surface area contributed by atoms with Crippen LogP contribution in [0.1, 0.15) is 0 Å². The monoisotopic (exact) mass is 237 g/mol. The van der Waals surface area contributed by atoms with Gasteiger partial charge in [0, 0.05) is 13.7 Å². The van der Waals surface area contributed by atoms with E-state index < -0.39 is 37.2 Å². The molecule has 0 bridgehead atoms. The van der Waals surface area contributed by atoms with Crippen molar-refractivity contribution in [3.05, 3.63) is 0 Å². The van der Waals surface area contributed by atoms with Crippen molar-refractivity contribution in [2.24, 2.45) is 0 Å². The molecule has 1 saturated heterocycles. The van der Waals surface area contributed by atoms with Gasteiger partial charge in [-0.1, -0.05) is 0 Å². The maximum atomic E-state index is 9.69. The molecule has 0 aromatic heterocycles. The first kappa shape index (κ1) is 13.8. The maximum Gasteiger partial charge on any atom is 0.136 e. The van der Waals surface area contributed by atoms with Gasteiger partial charge in [0.25, 0.3) is 0 Å². The summed E-state index contributed by atoms with van der Waals surface area (Å²) in [7, 11) is 1.48. The highest BCUT2D eigenvalue weighted by Gasteiger charge is 2.46. The fourth-order valence-corrected chi connectivity index (χ4v) is 1.90. The Morgan fingerprint density at radius 1 is 1.06 bits per heavy atom. The van der Waals surface area contributed by atoms with Gasteiger partial charge in [0.05, 0.1) is 19.3 Å². The van der Waals surface area contributed by atoms with Crippen LogP contribution >= 0.6 is 0 Å². The van der Waals surface area contributed by atoms with Crippen molar-refractivity contribution in [1.29, 1.82) is 0 Å². The van der Waals surface area contributed by atoms with Crippen LogP contribution in [-0.2, 0) is 4.74 Å². The quantitative estimate of drug-likeness (QED) is 0.348. The lowest BCUT2D eigenvalue weighted by atomic mass is 9.93. The van der Waals surface area contributed by atoms with Gasteiger partial charge in [-0.15, -0.1) is 0 Å². The van der Waals surface area contributed by atoms with Crippen molar-refractivity contribution in [1.82, 2.24) is 4.90 Å². The van der Waals surface area contributed by atoms with Crippen LogP contribution in [0, 0.1) is 0 Å². The van der Waals surface area contributed by atoms with Crippen LogP contribution in [0.2, 0.25) is 0 Å². The summed E-state index contributed by atoms with van der Waals surface area (Å²) in [5.41, 5.74) is 0. The number of methoxy groups -OCH3 is 1. The molecule has 5 N–H and O–H groups in total. The maximum absolute atomic E-state index is 9.69. The second kappa shape index (κ2) is 5.87. The standard InChI is InChI=1S/C9H19NO6/c1-16-3-2-10-5(4-11)6(12)7(13)8(14)9(10)15/h5-9,11-15H,2-4H2,1H3/t5-,6-,7+,8-,9?/m1/s1. The molecule has 1 aliphatic rings. The molecule has 0 aromatic carbocycles. The van der Waals surface area contributed by atoms with Crippen LogP contribution < -0.4 is 0 Å². The second-order valence-electron chi connectivity index (χ2n) is 3.87. The Morgan fingerprint density at radius 3 is 2.19 bits per heavy atom. The Balaban J connectivity index is 2.76. The van der Waals surface area contributed by atoms with E-state index in [0.29, 0.717) is 0 Å². The average Bonchev–Trinajstić information content (AvgIpc) is 2.29. The van der Waals surface area contributed by atoms with Crippen molar-refractivity contribution < 1.29 is 30.3 Å². The molecule has 16 heavy (non-hydrogen) atoms. The molecule has 1 rings (SSSR count). The first-order valence-corrected chi connectivity index (χ1v) is 5.12. The zero-order valence-electron chi connectivity index (χ0n) is 9.10. The lowest BCUT2D eigenvalue weighted by molar-refractivity contribution is -0.224. The molecular formula is C9H19NO6. The van der Waals surface area contributed by atoms with E-state index >= 15 is 0 Å². The zero-order valence-corrected chi connectivity index (χ0v) is 9.10. The number of rotatable bonds is 4. The van der Waals surface area contributed by atoms with E-state index in [-0.39, 0.29) is 13.2 Å². The number of aliphatic hydroxyl groups is 5.